The van der Waals surface area contributed by atoms with Crippen LogP contribution in [0.1, 0.15) is 31.7 Å². The smallest absolute Gasteiger partial charge is 0.305 e. The van der Waals surface area contributed by atoms with Gasteiger partial charge < -0.3 is 15.0 Å². The third-order valence-electron chi connectivity index (χ3n) is 4.25. The predicted octanol–water partition coefficient (Wildman–Crippen LogP) is 2.46. The molecule has 0 aromatic heterocycles. The number of anilines is 1. The summed E-state index contributed by atoms with van der Waals surface area (Å²) in [5.41, 5.74) is 2.00. The Kier molecular flexibility index (Phi) is 6.44. The van der Waals surface area contributed by atoms with Crippen LogP contribution in [0.15, 0.2) is 24.3 Å². The zero-order valence-electron chi connectivity index (χ0n) is 14.0. The maximum atomic E-state index is 12.2. The lowest BCUT2D eigenvalue weighted by molar-refractivity contribution is -0.140. The summed E-state index contributed by atoms with van der Waals surface area (Å²) in [4.78, 5) is 25.3. The Balaban J connectivity index is 1.77. The molecule has 1 heterocycles. The van der Waals surface area contributed by atoms with Gasteiger partial charge in [0.05, 0.1) is 13.7 Å². The normalized spacial score (nSPS) is 17.7. The minimum absolute atomic E-state index is 0.159. The number of piperidine rings is 1. The molecule has 23 heavy (non-hydrogen) atoms. The number of hydrogen-bond acceptors (Lipinski definition) is 4. The highest BCUT2D eigenvalue weighted by Gasteiger charge is 2.20. The second kappa shape index (κ2) is 8.56. The summed E-state index contributed by atoms with van der Waals surface area (Å²) >= 11 is 0. The number of esters is 1. The first kappa shape index (κ1) is 17.3. The summed E-state index contributed by atoms with van der Waals surface area (Å²) < 4.78 is 4.63. The molecule has 1 aliphatic heterocycles. The van der Waals surface area contributed by atoms with Gasteiger partial charge >= 0.3 is 5.97 Å². The number of carbonyl (C=O) groups is 2. The van der Waals surface area contributed by atoms with E-state index in [1.165, 1.54) is 13.5 Å². The molecule has 0 radical (unpaired) electrons. The van der Waals surface area contributed by atoms with E-state index in [-0.39, 0.29) is 11.9 Å². The lowest BCUT2D eigenvalue weighted by Crippen LogP contribution is -2.41. The fourth-order valence-corrected chi connectivity index (χ4v) is 2.84. The number of amides is 1. The van der Waals surface area contributed by atoms with Gasteiger partial charge in [-0.3, -0.25) is 9.59 Å². The Labute approximate surface area is 138 Å². The summed E-state index contributed by atoms with van der Waals surface area (Å²) in [7, 11) is 1.40. The molecule has 1 amide bonds. The Morgan fingerprint density at radius 2 is 2.04 bits per heavy atom. The molecule has 0 spiro atoms. The number of carbonyl (C=O) groups excluding carboxylic acids is 2. The number of nitrogens with one attached hydrogen (secondary N) is 1. The highest BCUT2D eigenvalue weighted by molar-refractivity contribution is 5.81. The van der Waals surface area contributed by atoms with Gasteiger partial charge in [-0.1, -0.05) is 19.1 Å². The number of rotatable bonds is 6. The van der Waals surface area contributed by atoms with Crippen molar-refractivity contribution in [1.29, 1.82) is 0 Å². The largest absolute Gasteiger partial charge is 0.469 e. The van der Waals surface area contributed by atoms with Crippen LogP contribution in [0.5, 0.6) is 0 Å². The summed E-state index contributed by atoms with van der Waals surface area (Å²) in [6, 6.07) is 7.83. The molecule has 0 unspecified atom stereocenters. The number of aryl methyl sites for hydroxylation is 1. The van der Waals surface area contributed by atoms with Crippen LogP contribution in [0.4, 0.5) is 5.69 Å². The van der Waals surface area contributed by atoms with Crippen LogP contribution in [-0.2, 0) is 20.7 Å². The molecule has 0 saturated carbocycles. The SMILES string of the molecule is COC(=O)CCc1ccc(NCC(=O)N2CCC[C@H](C)C2)cc1. The van der Waals surface area contributed by atoms with Gasteiger partial charge in [-0.25, -0.2) is 0 Å². The van der Waals surface area contributed by atoms with Crippen molar-refractivity contribution in [1.82, 2.24) is 4.90 Å². The molecule has 0 aliphatic carbocycles. The van der Waals surface area contributed by atoms with Gasteiger partial charge in [0.15, 0.2) is 0 Å². The highest BCUT2D eigenvalue weighted by atomic mass is 16.5. The fraction of sp³-hybridized carbons (Fsp3) is 0.556. The van der Waals surface area contributed by atoms with E-state index in [0.29, 0.717) is 25.3 Å². The number of nitrogens with zero attached hydrogens (tertiary/aromatic N) is 1. The molecule has 126 valence electrons. The molecule has 1 aliphatic rings. The van der Waals surface area contributed by atoms with Crippen LogP contribution in [0.25, 0.3) is 0 Å². The molecule has 5 nitrogen and oxygen atoms in total. The molecule has 1 aromatic carbocycles. The Hall–Kier alpha value is -2.04. The molecule has 1 N–H and O–H groups in total. The van der Waals surface area contributed by atoms with Gasteiger partial charge in [0.25, 0.3) is 0 Å². The second-order valence-corrected chi connectivity index (χ2v) is 6.21. The number of likely N-dealkylation sites (tertiary alicyclic amines) is 1. The molecule has 1 saturated heterocycles. The van der Waals surface area contributed by atoms with Crippen molar-refractivity contribution in [3.05, 3.63) is 29.8 Å². The molecular formula is C18H26N2O3. The molecule has 5 heteroatoms. The van der Waals surface area contributed by atoms with Crippen LogP contribution in [-0.4, -0.2) is 43.5 Å². The van der Waals surface area contributed by atoms with Crippen LogP contribution in [0.2, 0.25) is 0 Å². The Morgan fingerprint density at radius 3 is 2.70 bits per heavy atom. The van der Waals surface area contributed by atoms with Crippen molar-refractivity contribution in [3.63, 3.8) is 0 Å². The van der Waals surface area contributed by atoms with Gasteiger partial charge in [0, 0.05) is 25.2 Å². The van der Waals surface area contributed by atoms with E-state index in [1.807, 2.05) is 29.2 Å². The highest BCUT2D eigenvalue weighted by Crippen LogP contribution is 2.16. The van der Waals surface area contributed by atoms with Crippen LogP contribution < -0.4 is 5.32 Å². The van der Waals surface area contributed by atoms with Gasteiger partial charge in [0.2, 0.25) is 5.91 Å². The third-order valence-corrected chi connectivity index (χ3v) is 4.25. The van der Waals surface area contributed by atoms with Crippen molar-refractivity contribution < 1.29 is 14.3 Å². The number of hydrogen-bond donors (Lipinski definition) is 1. The summed E-state index contributed by atoms with van der Waals surface area (Å²) in [6.07, 6.45) is 3.36. The van der Waals surface area contributed by atoms with Crippen molar-refractivity contribution in [2.45, 2.75) is 32.6 Å². The maximum Gasteiger partial charge on any atom is 0.305 e. The fourth-order valence-electron chi connectivity index (χ4n) is 2.84. The van der Waals surface area contributed by atoms with Gasteiger partial charge in [-0.2, -0.15) is 0 Å². The standard InChI is InChI=1S/C18H26N2O3/c1-14-4-3-11-20(13-14)17(21)12-19-16-8-5-15(6-9-16)7-10-18(22)23-2/h5-6,8-9,14,19H,3-4,7,10-13H2,1-2H3/t14-/m0/s1. The molecule has 1 atom stereocenters. The van der Waals surface area contributed by atoms with Gasteiger partial charge in [-0.05, 0) is 42.9 Å². The Bertz CT molecular complexity index is 528. The molecule has 0 bridgehead atoms. The first-order chi connectivity index (χ1) is 11.1. The maximum absolute atomic E-state index is 12.2. The minimum Gasteiger partial charge on any atom is -0.469 e. The van der Waals surface area contributed by atoms with Crippen LogP contribution >= 0.6 is 0 Å². The zero-order valence-corrected chi connectivity index (χ0v) is 14.0. The molecular weight excluding hydrogens is 292 g/mol. The van der Waals surface area contributed by atoms with Gasteiger partial charge in [0.1, 0.15) is 0 Å². The second-order valence-electron chi connectivity index (χ2n) is 6.21. The first-order valence-corrected chi connectivity index (χ1v) is 8.26. The number of benzene rings is 1. The average molecular weight is 318 g/mol. The summed E-state index contributed by atoms with van der Waals surface area (Å²) in [5, 5.41) is 3.18. The van der Waals surface area contributed by atoms with E-state index < -0.39 is 0 Å². The quantitative estimate of drug-likeness (QED) is 0.819. The molecule has 1 fully saturated rings. The lowest BCUT2D eigenvalue weighted by Gasteiger charge is -2.31. The van der Waals surface area contributed by atoms with E-state index in [9.17, 15) is 9.59 Å². The topological polar surface area (TPSA) is 58.6 Å². The average Bonchev–Trinajstić information content (AvgIpc) is 2.58. The van der Waals surface area contributed by atoms with E-state index in [4.69, 9.17) is 0 Å². The molecule has 2 rings (SSSR count). The minimum atomic E-state index is -0.200. The summed E-state index contributed by atoms with van der Waals surface area (Å²) in [6.45, 7) is 4.26. The van der Waals surface area contributed by atoms with Crippen molar-refractivity contribution >= 4 is 17.6 Å². The molecule has 1 aromatic rings. The van der Waals surface area contributed by atoms with E-state index >= 15 is 0 Å². The van der Waals surface area contributed by atoms with Crippen LogP contribution in [0.3, 0.4) is 0 Å². The predicted molar refractivity (Wildman–Crippen MR) is 90.2 cm³/mol. The first-order valence-electron chi connectivity index (χ1n) is 8.26. The zero-order chi connectivity index (χ0) is 16.7. The lowest BCUT2D eigenvalue weighted by atomic mass is 10.0. The van der Waals surface area contributed by atoms with Crippen LogP contribution in [0, 0.1) is 5.92 Å². The van der Waals surface area contributed by atoms with E-state index in [0.717, 1.165) is 30.8 Å². The third kappa shape index (κ3) is 5.58. The number of ether oxygens (including phenoxy) is 1. The van der Waals surface area contributed by atoms with Crippen molar-refractivity contribution in [3.8, 4) is 0 Å². The number of methoxy groups -OCH3 is 1. The van der Waals surface area contributed by atoms with Crippen molar-refractivity contribution in [2.24, 2.45) is 5.92 Å². The van der Waals surface area contributed by atoms with Gasteiger partial charge in [-0.15, -0.1) is 0 Å². The van der Waals surface area contributed by atoms with E-state index in [1.54, 1.807) is 0 Å². The van der Waals surface area contributed by atoms with E-state index in [2.05, 4.69) is 17.0 Å². The monoisotopic (exact) mass is 318 g/mol. The Morgan fingerprint density at radius 1 is 1.30 bits per heavy atom. The summed E-state index contributed by atoms with van der Waals surface area (Å²) in [5.74, 6) is 0.557. The van der Waals surface area contributed by atoms with Crippen molar-refractivity contribution in [2.75, 3.05) is 32.1 Å².